The highest BCUT2D eigenvalue weighted by Gasteiger charge is 2.22. The first kappa shape index (κ1) is 19.7. The van der Waals surface area contributed by atoms with Gasteiger partial charge in [-0.2, -0.15) is 8.78 Å². The van der Waals surface area contributed by atoms with Crippen molar-refractivity contribution in [1.29, 1.82) is 0 Å². The van der Waals surface area contributed by atoms with Crippen molar-refractivity contribution in [2.45, 2.75) is 19.2 Å². The number of morpholine rings is 1. The van der Waals surface area contributed by atoms with Gasteiger partial charge in [0.15, 0.2) is 0 Å². The molecule has 1 aliphatic rings. The molecule has 146 valence electrons. The number of ether oxygens (including phenoxy) is 2. The first-order valence-electron chi connectivity index (χ1n) is 8.93. The van der Waals surface area contributed by atoms with Gasteiger partial charge in [-0.1, -0.05) is 24.3 Å². The van der Waals surface area contributed by atoms with Gasteiger partial charge in [-0.3, -0.25) is 4.90 Å². The molecule has 2 aromatic rings. The molecule has 1 N–H and O–H groups in total. The average Bonchev–Trinajstić information content (AvgIpc) is 2.67. The minimum atomic E-state index is -2.82. The summed E-state index contributed by atoms with van der Waals surface area (Å²) in [5, 5.41) is 3.38. The summed E-state index contributed by atoms with van der Waals surface area (Å²) in [6, 6.07) is 13.2. The van der Waals surface area contributed by atoms with Crippen LogP contribution in [-0.4, -0.2) is 44.4 Å². The van der Waals surface area contributed by atoms with E-state index in [4.69, 9.17) is 4.74 Å². The maximum Gasteiger partial charge on any atom is 0.387 e. The van der Waals surface area contributed by atoms with E-state index in [1.807, 2.05) is 6.07 Å². The van der Waals surface area contributed by atoms with Crippen LogP contribution in [0, 0.1) is 5.82 Å². The van der Waals surface area contributed by atoms with Gasteiger partial charge in [-0.05, 0) is 35.4 Å². The van der Waals surface area contributed by atoms with Gasteiger partial charge in [0, 0.05) is 32.2 Å². The van der Waals surface area contributed by atoms with Crippen molar-refractivity contribution in [3.63, 3.8) is 0 Å². The van der Waals surface area contributed by atoms with Crippen LogP contribution in [0.4, 0.5) is 13.2 Å². The van der Waals surface area contributed by atoms with Crippen LogP contribution in [0.3, 0.4) is 0 Å². The summed E-state index contributed by atoms with van der Waals surface area (Å²) in [6.07, 6.45) is 0. The SMILES string of the molecule is Fc1cccc(C(CNCc2ccc(OC(F)F)cc2)N2CCOCC2)c1. The lowest BCUT2D eigenvalue weighted by Gasteiger charge is -2.35. The minimum Gasteiger partial charge on any atom is -0.435 e. The van der Waals surface area contributed by atoms with Crippen LogP contribution < -0.4 is 10.1 Å². The number of nitrogens with zero attached hydrogens (tertiary/aromatic N) is 1. The molecule has 0 bridgehead atoms. The maximum absolute atomic E-state index is 13.7. The van der Waals surface area contributed by atoms with E-state index in [2.05, 4.69) is 15.0 Å². The van der Waals surface area contributed by atoms with E-state index < -0.39 is 6.61 Å². The van der Waals surface area contributed by atoms with Crippen LogP contribution in [0.2, 0.25) is 0 Å². The fourth-order valence-electron chi connectivity index (χ4n) is 3.20. The molecule has 1 saturated heterocycles. The van der Waals surface area contributed by atoms with Crippen molar-refractivity contribution in [3.8, 4) is 5.75 Å². The summed E-state index contributed by atoms with van der Waals surface area (Å²) in [5.41, 5.74) is 1.88. The number of halogens is 3. The lowest BCUT2D eigenvalue weighted by molar-refractivity contribution is -0.0498. The fraction of sp³-hybridized carbons (Fsp3) is 0.400. The highest BCUT2D eigenvalue weighted by atomic mass is 19.3. The Balaban J connectivity index is 1.60. The Kier molecular flexibility index (Phi) is 7.09. The Bertz CT molecular complexity index is 707. The Morgan fingerprint density at radius 2 is 1.81 bits per heavy atom. The van der Waals surface area contributed by atoms with Crippen molar-refractivity contribution in [1.82, 2.24) is 10.2 Å². The molecule has 1 aliphatic heterocycles. The normalized spacial score (nSPS) is 16.4. The highest BCUT2D eigenvalue weighted by Crippen LogP contribution is 2.22. The molecule has 0 aromatic heterocycles. The van der Waals surface area contributed by atoms with Gasteiger partial charge >= 0.3 is 6.61 Å². The minimum absolute atomic E-state index is 0.0334. The lowest BCUT2D eigenvalue weighted by atomic mass is 10.0. The quantitative estimate of drug-likeness (QED) is 0.759. The molecule has 0 spiro atoms. The monoisotopic (exact) mass is 380 g/mol. The Morgan fingerprint density at radius 1 is 1.07 bits per heavy atom. The molecule has 2 aromatic carbocycles. The van der Waals surface area contributed by atoms with Crippen LogP contribution in [0.1, 0.15) is 17.2 Å². The molecule has 1 atom stereocenters. The molecular formula is C20H23F3N2O2. The van der Waals surface area contributed by atoms with E-state index in [1.54, 1.807) is 24.3 Å². The molecule has 0 radical (unpaired) electrons. The van der Waals surface area contributed by atoms with Crippen molar-refractivity contribution in [3.05, 3.63) is 65.5 Å². The topological polar surface area (TPSA) is 33.7 Å². The predicted molar refractivity (Wildman–Crippen MR) is 96.3 cm³/mol. The first-order valence-corrected chi connectivity index (χ1v) is 8.93. The molecule has 0 amide bonds. The summed E-state index contributed by atoms with van der Waals surface area (Å²) in [6.45, 7) is 1.30. The van der Waals surface area contributed by atoms with E-state index in [0.717, 1.165) is 24.2 Å². The van der Waals surface area contributed by atoms with Gasteiger partial charge in [0.2, 0.25) is 0 Å². The summed E-state index contributed by atoms with van der Waals surface area (Å²) in [4.78, 5) is 2.28. The van der Waals surface area contributed by atoms with Crippen molar-refractivity contribution >= 4 is 0 Å². The molecule has 3 rings (SSSR count). The van der Waals surface area contributed by atoms with Gasteiger partial charge in [-0.25, -0.2) is 4.39 Å². The van der Waals surface area contributed by atoms with Gasteiger partial charge in [-0.15, -0.1) is 0 Å². The van der Waals surface area contributed by atoms with E-state index >= 15 is 0 Å². The molecule has 27 heavy (non-hydrogen) atoms. The van der Waals surface area contributed by atoms with Crippen LogP contribution in [0.25, 0.3) is 0 Å². The van der Waals surface area contributed by atoms with Crippen LogP contribution in [0.5, 0.6) is 5.75 Å². The molecule has 1 fully saturated rings. The van der Waals surface area contributed by atoms with Crippen molar-refractivity contribution in [2.75, 3.05) is 32.8 Å². The van der Waals surface area contributed by atoms with Gasteiger partial charge in [0.25, 0.3) is 0 Å². The van der Waals surface area contributed by atoms with E-state index in [-0.39, 0.29) is 17.6 Å². The summed E-state index contributed by atoms with van der Waals surface area (Å²) in [5.74, 6) is -0.111. The maximum atomic E-state index is 13.7. The molecular weight excluding hydrogens is 357 g/mol. The number of alkyl halides is 2. The number of rotatable bonds is 8. The summed E-state index contributed by atoms with van der Waals surface area (Å²) < 4.78 is 47.9. The second kappa shape index (κ2) is 9.73. The third-order valence-electron chi connectivity index (χ3n) is 4.54. The second-order valence-corrected chi connectivity index (χ2v) is 6.37. The molecule has 1 unspecified atom stereocenters. The zero-order valence-electron chi connectivity index (χ0n) is 14.9. The third-order valence-corrected chi connectivity index (χ3v) is 4.54. The standard InChI is InChI=1S/C20H23F3N2O2/c21-17-3-1-2-16(12-17)19(25-8-10-26-11-9-25)14-24-13-15-4-6-18(7-5-15)27-20(22)23/h1-7,12,19-20,24H,8-11,13-14H2. The van der Waals surface area contributed by atoms with Crippen LogP contribution >= 0.6 is 0 Å². The second-order valence-electron chi connectivity index (χ2n) is 6.37. The van der Waals surface area contributed by atoms with Crippen molar-refractivity contribution < 1.29 is 22.6 Å². The fourth-order valence-corrected chi connectivity index (χ4v) is 3.20. The predicted octanol–water partition coefficient (Wildman–Crippen LogP) is 3.59. The average molecular weight is 380 g/mol. The van der Waals surface area contributed by atoms with Gasteiger partial charge in [0.1, 0.15) is 11.6 Å². The molecule has 7 heteroatoms. The van der Waals surface area contributed by atoms with E-state index in [0.29, 0.717) is 26.3 Å². The summed E-state index contributed by atoms with van der Waals surface area (Å²) >= 11 is 0. The van der Waals surface area contributed by atoms with Crippen LogP contribution in [-0.2, 0) is 11.3 Å². The first-order chi connectivity index (χ1) is 13.1. The molecule has 4 nitrogen and oxygen atoms in total. The Hall–Kier alpha value is -2.09. The number of nitrogens with one attached hydrogen (secondary N) is 1. The highest BCUT2D eigenvalue weighted by molar-refractivity contribution is 5.27. The number of benzene rings is 2. The molecule has 1 heterocycles. The molecule has 0 aliphatic carbocycles. The van der Waals surface area contributed by atoms with Gasteiger partial charge < -0.3 is 14.8 Å². The van der Waals surface area contributed by atoms with E-state index in [1.165, 1.54) is 18.2 Å². The Labute approximate surface area is 156 Å². The smallest absolute Gasteiger partial charge is 0.387 e. The number of hydrogen-bond acceptors (Lipinski definition) is 4. The zero-order chi connectivity index (χ0) is 19.1. The Morgan fingerprint density at radius 3 is 2.48 bits per heavy atom. The van der Waals surface area contributed by atoms with E-state index in [9.17, 15) is 13.2 Å². The van der Waals surface area contributed by atoms with Crippen molar-refractivity contribution in [2.24, 2.45) is 0 Å². The third kappa shape index (κ3) is 5.95. The largest absolute Gasteiger partial charge is 0.435 e. The molecule has 0 saturated carbocycles. The zero-order valence-corrected chi connectivity index (χ0v) is 14.9. The number of hydrogen-bond donors (Lipinski definition) is 1. The van der Waals surface area contributed by atoms with Crippen LogP contribution in [0.15, 0.2) is 48.5 Å². The lowest BCUT2D eigenvalue weighted by Crippen LogP contribution is -2.42. The van der Waals surface area contributed by atoms with Gasteiger partial charge in [0.05, 0.1) is 13.2 Å². The summed E-state index contributed by atoms with van der Waals surface area (Å²) in [7, 11) is 0.